The summed E-state index contributed by atoms with van der Waals surface area (Å²) in [5.74, 6) is 0.0656. The number of aliphatic carboxylic acids is 1. The van der Waals surface area contributed by atoms with E-state index in [0.717, 1.165) is 0 Å². The van der Waals surface area contributed by atoms with Gasteiger partial charge < -0.3 is 10.4 Å². The fourth-order valence-electron chi connectivity index (χ4n) is 1.05. The van der Waals surface area contributed by atoms with Crippen LogP contribution in [0.4, 0.5) is 0 Å². The Morgan fingerprint density at radius 1 is 1.64 bits per heavy atom. The van der Waals surface area contributed by atoms with Gasteiger partial charge in [-0.15, -0.1) is 0 Å². The van der Waals surface area contributed by atoms with Crippen LogP contribution in [-0.4, -0.2) is 35.0 Å². The molecule has 0 radical (unpaired) electrons. The topological polar surface area (TPSA) is 66.4 Å². The molecule has 2 unspecified atom stereocenters. The molecule has 1 saturated heterocycles. The average Bonchev–Trinajstić information content (AvgIpc) is 2.36. The van der Waals surface area contributed by atoms with Crippen molar-refractivity contribution in [2.24, 2.45) is 5.92 Å². The smallest absolute Gasteiger partial charge is 0.309 e. The average molecular weight is 175 g/mol. The summed E-state index contributed by atoms with van der Waals surface area (Å²) >= 11 is 1.56. The molecule has 5 heteroatoms. The second kappa shape index (κ2) is 3.61. The molecule has 0 spiro atoms. The van der Waals surface area contributed by atoms with Gasteiger partial charge in [-0.05, 0) is 0 Å². The molecule has 1 aliphatic rings. The molecule has 2 N–H and O–H groups in total. The van der Waals surface area contributed by atoms with Crippen LogP contribution >= 0.6 is 11.8 Å². The third-order valence-corrected chi connectivity index (χ3v) is 2.87. The van der Waals surface area contributed by atoms with Gasteiger partial charge in [0.15, 0.2) is 0 Å². The predicted molar refractivity (Wildman–Crippen MR) is 41.4 cm³/mol. The molecular formula is C6H9NO3S. The minimum absolute atomic E-state index is 0.185. The summed E-state index contributed by atoms with van der Waals surface area (Å²) in [6.45, 7) is 0. The molecule has 1 aliphatic heterocycles. The van der Waals surface area contributed by atoms with Crippen LogP contribution in [0, 0.1) is 5.92 Å². The molecule has 11 heavy (non-hydrogen) atoms. The quantitative estimate of drug-likeness (QED) is 0.570. The van der Waals surface area contributed by atoms with Gasteiger partial charge in [0.05, 0.1) is 12.0 Å². The van der Waals surface area contributed by atoms with Crippen molar-refractivity contribution in [1.82, 2.24) is 5.32 Å². The summed E-state index contributed by atoms with van der Waals surface area (Å²) in [7, 11) is 0. The molecule has 1 fully saturated rings. The molecule has 0 aliphatic carbocycles. The summed E-state index contributed by atoms with van der Waals surface area (Å²) in [5.41, 5.74) is 0. The first-order valence-corrected chi connectivity index (χ1v) is 4.41. The van der Waals surface area contributed by atoms with E-state index in [-0.39, 0.29) is 6.04 Å². The van der Waals surface area contributed by atoms with Gasteiger partial charge in [0, 0.05) is 11.5 Å². The van der Waals surface area contributed by atoms with E-state index in [4.69, 9.17) is 5.11 Å². The van der Waals surface area contributed by atoms with Crippen LogP contribution in [-0.2, 0) is 9.59 Å². The molecule has 1 rings (SSSR count). The summed E-state index contributed by atoms with van der Waals surface area (Å²) in [5, 5.41) is 11.1. The Morgan fingerprint density at radius 2 is 2.36 bits per heavy atom. The van der Waals surface area contributed by atoms with E-state index in [9.17, 15) is 9.59 Å². The fraction of sp³-hybridized carbons (Fsp3) is 0.667. The Hall–Kier alpha value is -0.710. The lowest BCUT2D eigenvalue weighted by Crippen LogP contribution is -2.38. The van der Waals surface area contributed by atoms with Crippen LogP contribution in [0.15, 0.2) is 0 Å². The maximum absolute atomic E-state index is 10.5. The normalized spacial score (nSPS) is 29.8. The summed E-state index contributed by atoms with van der Waals surface area (Å²) in [6.07, 6.45) is 0.562. The number of amides is 1. The molecule has 0 bridgehead atoms. The van der Waals surface area contributed by atoms with Gasteiger partial charge in [0.25, 0.3) is 0 Å². The molecule has 0 aromatic rings. The van der Waals surface area contributed by atoms with E-state index < -0.39 is 11.9 Å². The molecule has 2 atom stereocenters. The minimum Gasteiger partial charge on any atom is -0.481 e. The van der Waals surface area contributed by atoms with Crippen molar-refractivity contribution in [3.63, 3.8) is 0 Å². The minimum atomic E-state index is -0.825. The Morgan fingerprint density at radius 3 is 2.91 bits per heavy atom. The number of carboxylic acids is 1. The van der Waals surface area contributed by atoms with E-state index in [1.165, 1.54) is 0 Å². The molecule has 1 amide bonds. The number of hydrogen-bond donors (Lipinski definition) is 2. The van der Waals surface area contributed by atoms with Crippen molar-refractivity contribution in [2.75, 3.05) is 11.5 Å². The van der Waals surface area contributed by atoms with E-state index in [2.05, 4.69) is 5.32 Å². The van der Waals surface area contributed by atoms with Crippen LogP contribution < -0.4 is 5.32 Å². The molecule has 0 aromatic carbocycles. The van der Waals surface area contributed by atoms with Gasteiger partial charge in [-0.1, -0.05) is 0 Å². The zero-order chi connectivity index (χ0) is 8.27. The monoisotopic (exact) mass is 175 g/mol. The number of carbonyl (C=O) groups is 2. The van der Waals surface area contributed by atoms with E-state index in [1.807, 2.05) is 0 Å². The summed E-state index contributed by atoms with van der Waals surface area (Å²) < 4.78 is 0. The van der Waals surface area contributed by atoms with Gasteiger partial charge in [-0.25, -0.2) is 0 Å². The Kier molecular flexibility index (Phi) is 2.76. The van der Waals surface area contributed by atoms with Crippen molar-refractivity contribution in [3.05, 3.63) is 0 Å². The van der Waals surface area contributed by atoms with Gasteiger partial charge in [-0.2, -0.15) is 11.8 Å². The third-order valence-electron chi connectivity index (χ3n) is 1.68. The van der Waals surface area contributed by atoms with Gasteiger partial charge in [-0.3, -0.25) is 9.59 Å². The first-order chi connectivity index (χ1) is 5.25. The molecular weight excluding hydrogens is 166 g/mol. The number of carboxylic acid groups (broad SMARTS) is 1. The van der Waals surface area contributed by atoms with Crippen molar-refractivity contribution in [2.45, 2.75) is 6.04 Å². The highest BCUT2D eigenvalue weighted by molar-refractivity contribution is 7.99. The van der Waals surface area contributed by atoms with Crippen LogP contribution in [0.1, 0.15) is 0 Å². The van der Waals surface area contributed by atoms with Gasteiger partial charge in [0.2, 0.25) is 6.41 Å². The van der Waals surface area contributed by atoms with Crippen molar-refractivity contribution < 1.29 is 14.7 Å². The molecule has 4 nitrogen and oxygen atoms in total. The molecule has 62 valence electrons. The highest BCUT2D eigenvalue weighted by atomic mass is 32.2. The van der Waals surface area contributed by atoms with Crippen molar-refractivity contribution >= 4 is 24.1 Å². The largest absolute Gasteiger partial charge is 0.481 e. The van der Waals surface area contributed by atoms with Gasteiger partial charge in [0.1, 0.15) is 0 Å². The van der Waals surface area contributed by atoms with Crippen LogP contribution in [0.3, 0.4) is 0 Å². The van der Waals surface area contributed by atoms with Crippen molar-refractivity contribution in [3.8, 4) is 0 Å². The standard InChI is InChI=1S/C6H9NO3S/c8-3-7-5-2-11-1-4(5)6(9)10/h3-5H,1-2H2,(H,7,8)(H,9,10). The number of carbonyl (C=O) groups excluding carboxylic acids is 1. The Labute approximate surface area is 68.3 Å². The van der Waals surface area contributed by atoms with Crippen molar-refractivity contribution in [1.29, 1.82) is 0 Å². The highest BCUT2D eigenvalue weighted by Gasteiger charge is 2.32. The van der Waals surface area contributed by atoms with Gasteiger partial charge >= 0.3 is 5.97 Å². The van der Waals surface area contributed by atoms with E-state index >= 15 is 0 Å². The van der Waals surface area contributed by atoms with E-state index in [0.29, 0.717) is 17.9 Å². The Bertz CT molecular complexity index is 173. The number of rotatable bonds is 3. The second-order valence-corrected chi connectivity index (χ2v) is 3.45. The number of thioether (sulfide) groups is 1. The van der Waals surface area contributed by atoms with Crippen LogP contribution in [0.2, 0.25) is 0 Å². The molecule has 0 aromatic heterocycles. The highest BCUT2D eigenvalue weighted by Crippen LogP contribution is 2.23. The lowest BCUT2D eigenvalue weighted by atomic mass is 10.1. The lowest BCUT2D eigenvalue weighted by molar-refractivity contribution is -0.141. The zero-order valence-corrected chi connectivity index (χ0v) is 6.63. The predicted octanol–water partition coefficient (Wildman–Crippen LogP) is -0.451. The van der Waals surface area contributed by atoms with Crippen LogP contribution in [0.25, 0.3) is 0 Å². The van der Waals surface area contributed by atoms with Crippen LogP contribution in [0.5, 0.6) is 0 Å². The molecule has 0 saturated carbocycles. The maximum Gasteiger partial charge on any atom is 0.309 e. The first-order valence-electron chi connectivity index (χ1n) is 3.26. The third kappa shape index (κ3) is 1.86. The zero-order valence-electron chi connectivity index (χ0n) is 5.82. The lowest BCUT2D eigenvalue weighted by Gasteiger charge is -2.12. The number of nitrogens with one attached hydrogen (secondary N) is 1. The summed E-state index contributed by atoms with van der Waals surface area (Å²) in [4.78, 5) is 20.5. The Balaban J connectivity index is 2.50. The second-order valence-electron chi connectivity index (χ2n) is 2.37. The molecule has 1 heterocycles. The maximum atomic E-state index is 10.5. The fourth-order valence-corrected chi connectivity index (χ4v) is 2.40. The number of hydrogen-bond acceptors (Lipinski definition) is 3. The van der Waals surface area contributed by atoms with E-state index in [1.54, 1.807) is 11.8 Å². The summed E-state index contributed by atoms with van der Waals surface area (Å²) in [6, 6.07) is -0.185. The first kappa shape index (κ1) is 8.39. The SMILES string of the molecule is O=CNC1CSCC1C(=O)O.